The second kappa shape index (κ2) is 10.5. The van der Waals surface area contributed by atoms with Crippen LogP contribution in [0.15, 0.2) is 35.6 Å². The highest BCUT2D eigenvalue weighted by Crippen LogP contribution is 2.41. The summed E-state index contributed by atoms with van der Waals surface area (Å²) in [5.41, 5.74) is 2.58. The lowest BCUT2D eigenvalue weighted by Crippen LogP contribution is -2.39. The number of hydrogen-bond donors (Lipinski definition) is 2. The van der Waals surface area contributed by atoms with Gasteiger partial charge in [0.1, 0.15) is 0 Å². The van der Waals surface area contributed by atoms with E-state index in [2.05, 4.69) is 45.3 Å². The normalized spacial score (nSPS) is 16.6. The van der Waals surface area contributed by atoms with Crippen molar-refractivity contribution in [1.29, 1.82) is 0 Å². The first-order chi connectivity index (χ1) is 13.8. The first-order valence-electron chi connectivity index (χ1n) is 10.7. The summed E-state index contributed by atoms with van der Waals surface area (Å²) in [7, 11) is 1.79. The standard InChI is InChI=1S/C22H35N5O/c1-3-23-21(25-17-22(13-16-28-2)11-6-7-12-22)24-14-8-15-27-18-26-19-9-4-5-10-20(19)27/h4-5,9-10,18H,3,6-8,11-17H2,1-2H3,(H2,23,24,25). The molecule has 2 N–H and O–H groups in total. The summed E-state index contributed by atoms with van der Waals surface area (Å²) in [6.07, 6.45) is 9.26. The average molecular weight is 386 g/mol. The van der Waals surface area contributed by atoms with Gasteiger partial charge in [-0.1, -0.05) is 25.0 Å². The molecule has 6 nitrogen and oxygen atoms in total. The molecule has 1 heterocycles. The third kappa shape index (κ3) is 5.47. The van der Waals surface area contributed by atoms with E-state index in [1.807, 2.05) is 12.4 Å². The zero-order valence-electron chi connectivity index (χ0n) is 17.4. The highest BCUT2D eigenvalue weighted by atomic mass is 16.5. The smallest absolute Gasteiger partial charge is 0.191 e. The maximum Gasteiger partial charge on any atom is 0.191 e. The lowest BCUT2D eigenvalue weighted by atomic mass is 9.83. The summed E-state index contributed by atoms with van der Waals surface area (Å²) < 4.78 is 7.56. The van der Waals surface area contributed by atoms with E-state index >= 15 is 0 Å². The van der Waals surface area contributed by atoms with Crippen LogP contribution in [0, 0.1) is 5.41 Å². The number of aromatic nitrogens is 2. The average Bonchev–Trinajstić information content (AvgIpc) is 3.35. The Balaban J connectivity index is 1.50. The van der Waals surface area contributed by atoms with Gasteiger partial charge in [0.05, 0.1) is 17.4 Å². The number of methoxy groups -OCH3 is 1. The van der Waals surface area contributed by atoms with Crippen molar-refractivity contribution in [2.24, 2.45) is 10.4 Å². The van der Waals surface area contributed by atoms with Crippen LogP contribution in [0.5, 0.6) is 0 Å². The van der Waals surface area contributed by atoms with Gasteiger partial charge in [0.2, 0.25) is 0 Å². The van der Waals surface area contributed by atoms with E-state index in [9.17, 15) is 0 Å². The van der Waals surface area contributed by atoms with E-state index in [1.54, 1.807) is 7.11 Å². The summed E-state index contributed by atoms with van der Waals surface area (Å²) in [4.78, 5) is 9.39. The van der Waals surface area contributed by atoms with E-state index in [0.29, 0.717) is 5.41 Å². The van der Waals surface area contributed by atoms with Gasteiger partial charge < -0.3 is 19.9 Å². The van der Waals surface area contributed by atoms with Gasteiger partial charge in [-0.15, -0.1) is 0 Å². The number of fused-ring (bicyclic) bond motifs is 1. The van der Waals surface area contributed by atoms with Gasteiger partial charge in [-0.3, -0.25) is 4.99 Å². The number of para-hydroxylation sites is 2. The molecular weight excluding hydrogens is 350 g/mol. The van der Waals surface area contributed by atoms with E-state index in [-0.39, 0.29) is 0 Å². The van der Waals surface area contributed by atoms with Crippen molar-refractivity contribution in [1.82, 2.24) is 20.2 Å². The van der Waals surface area contributed by atoms with Gasteiger partial charge in [-0.2, -0.15) is 0 Å². The number of aliphatic imine (C=N–C) groups is 1. The molecule has 0 bridgehead atoms. The molecular formula is C22H35N5O. The maximum atomic E-state index is 5.34. The predicted octanol–water partition coefficient (Wildman–Crippen LogP) is 3.58. The van der Waals surface area contributed by atoms with Gasteiger partial charge in [-0.25, -0.2) is 4.98 Å². The van der Waals surface area contributed by atoms with Crippen molar-refractivity contribution in [2.75, 3.05) is 33.4 Å². The Morgan fingerprint density at radius 1 is 1.25 bits per heavy atom. The summed E-state index contributed by atoms with van der Waals surface area (Å²) in [5, 5.41) is 6.89. The lowest BCUT2D eigenvalue weighted by molar-refractivity contribution is 0.141. The molecule has 1 saturated carbocycles. The molecule has 0 atom stereocenters. The van der Waals surface area contributed by atoms with Crippen molar-refractivity contribution in [3.05, 3.63) is 30.6 Å². The number of ether oxygens (including phenoxy) is 1. The fourth-order valence-corrected chi connectivity index (χ4v) is 4.16. The highest BCUT2D eigenvalue weighted by Gasteiger charge is 2.33. The molecule has 1 aliphatic rings. The van der Waals surface area contributed by atoms with Crippen LogP contribution in [0.25, 0.3) is 11.0 Å². The number of hydrogen-bond acceptors (Lipinski definition) is 3. The fraction of sp³-hybridized carbons (Fsp3) is 0.636. The Kier molecular flexibility index (Phi) is 7.71. The summed E-state index contributed by atoms with van der Waals surface area (Å²) >= 11 is 0. The van der Waals surface area contributed by atoms with Crippen LogP contribution in [0.1, 0.15) is 45.4 Å². The minimum atomic E-state index is 0.327. The second-order valence-corrected chi connectivity index (χ2v) is 7.85. The van der Waals surface area contributed by atoms with Gasteiger partial charge in [0, 0.05) is 39.9 Å². The molecule has 0 saturated heterocycles. The van der Waals surface area contributed by atoms with Crippen molar-refractivity contribution >= 4 is 17.0 Å². The van der Waals surface area contributed by atoms with Crippen LogP contribution in [-0.2, 0) is 11.3 Å². The Morgan fingerprint density at radius 2 is 2.07 bits per heavy atom. The van der Waals surface area contributed by atoms with E-state index in [0.717, 1.165) is 57.1 Å². The Bertz CT molecular complexity index is 748. The maximum absolute atomic E-state index is 5.34. The van der Waals surface area contributed by atoms with E-state index < -0.39 is 0 Å². The molecule has 28 heavy (non-hydrogen) atoms. The Morgan fingerprint density at radius 3 is 2.86 bits per heavy atom. The van der Waals surface area contributed by atoms with E-state index in [4.69, 9.17) is 9.73 Å². The zero-order valence-corrected chi connectivity index (χ0v) is 17.4. The molecule has 0 radical (unpaired) electrons. The molecule has 1 aliphatic carbocycles. The Hall–Kier alpha value is -2.08. The fourth-order valence-electron chi connectivity index (χ4n) is 4.16. The first-order valence-corrected chi connectivity index (χ1v) is 10.7. The number of nitrogens with zero attached hydrogens (tertiary/aromatic N) is 3. The van der Waals surface area contributed by atoms with Gasteiger partial charge >= 0.3 is 0 Å². The van der Waals surface area contributed by atoms with Gasteiger partial charge in [0.15, 0.2) is 5.96 Å². The molecule has 1 fully saturated rings. The van der Waals surface area contributed by atoms with Crippen LogP contribution in [0.2, 0.25) is 0 Å². The first kappa shape index (κ1) is 20.6. The minimum absolute atomic E-state index is 0.327. The van der Waals surface area contributed by atoms with E-state index in [1.165, 1.54) is 31.2 Å². The van der Waals surface area contributed by atoms with Crippen molar-refractivity contribution < 1.29 is 4.74 Å². The SMILES string of the molecule is CCNC(=NCC1(CCOC)CCCC1)NCCCn1cnc2ccccc21. The van der Waals surface area contributed by atoms with Gasteiger partial charge in [0.25, 0.3) is 0 Å². The number of aryl methyl sites for hydroxylation is 1. The number of guanidine groups is 1. The van der Waals surface area contributed by atoms with Crippen molar-refractivity contribution in [3.8, 4) is 0 Å². The molecule has 0 amide bonds. The lowest BCUT2D eigenvalue weighted by Gasteiger charge is -2.27. The molecule has 0 unspecified atom stereocenters. The van der Waals surface area contributed by atoms with Crippen LogP contribution >= 0.6 is 0 Å². The predicted molar refractivity (Wildman–Crippen MR) is 116 cm³/mol. The van der Waals surface area contributed by atoms with Crippen LogP contribution in [-0.4, -0.2) is 48.9 Å². The Labute approximate surface area is 168 Å². The minimum Gasteiger partial charge on any atom is -0.385 e. The number of nitrogens with one attached hydrogen (secondary N) is 2. The molecule has 2 aromatic rings. The number of imidazole rings is 1. The van der Waals surface area contributed by atoms with Crippen LogP contribution in [0.3, 0.4) is 0 Å². The molecule has 0 aliphatic heterocycles. The van der Waals surface area contributed by atoms with Crippen LogP contribution < -0.4 is 10.6 Å². The number of rotatable bonds is 10. The second-order valence-electron chi connectivity index (χ2n) is 7.85. The van der Waals surface area contributed by atoms with Gasteiger partial charge in [-0.05, 0) is 50.2 Å². The molecule has 0 spiro atoms. The zero-order chi connectivity index (χ0) is 19.7. The third-order valence-electron chi connectivity index (χ3n) is 5.81. The summed E-state index contributed by atoms with van der Waals surface area (Å²) in [5.74, 6) is 0.932. The van der Waals surface area contributed by atoms with Crippen LogP contribution in [0.4, 0.5) is 0 Å². The topological polar surface area (TPSA) is 63.5 Å². The van der Waals surface area contributed by atoms with Crippen molar-refractivity contribution in [2.45, 2.75) is 52.0 Å². The molecule has 6 heteroatoms. The molecule has 3 rings (SSSR count). The monoisotopic (exact) mass is 385 g/mol. The molecule has 1 aromatic heterocycles. The largest absolute Gasteiger partial charge is 0.385 e. The summed E-state index contributed by atoms with van der Waals surface area (Å²) in [6.45, 7) is 6.55. The number of benzene rings is 1. The quantitative estimate of drug-likeness (QED) is 0.373. The summed E-state index contributed by atoms with van der Waals surface area (Å²) in [6, 6.07) is 8.28. The molecule has 1 aromatic carbocycles. The third-order valence-corrected chi connectivity index (χ3v) is 5.81. The van der Waals surface area contributed by atoms with Crippen molar-refractivity contribution in [3.63, 3.8) is 0 Å². The highest BCUT2D eigenvalue weighted by molar-refractivity contribution is 5.79. The molecule has 154 valence electrons.